The van der Waals surface area contributed by atoms with Crippen LogP contribution in [-0.4, -0.2) is 53.8 Å². The standard InChI is InChI=1S/C41H39N3O8S2/c1-2-22-44(37-21-18-30(25-42-37)41(49)50)54(51,52)32-7-5-6-29(23-32)34(45)24-36-38(33-8-3-4-9-35(33)53-36)39(46)43-31-19-14-27(15-20-31)11-10-26-12-16-28(17-13-26)40(47)48/h5-7,12-21,23,25H,2-4,8-11,22,24H2,1H3,(H,43,46)(H,47,48)(H,49,50). The number of carbonyl (C=O) groups is 4. The fourth-order valence-electron chi connectivity index (χ4n) is 6.49. The van der Waals surface area contributed by atoms with Gasteiger partial charge in [0.05, 0.1) is 21.6 Å². The minimum atomic E-state index is -4.17. The van der Waals surface area contributed by atoms with E-state index in [9.17, 15) is 32.7 Å². The number of sulfonamides is 1. The molecule has 3 N–H and O–H groups in total. The number of anilines is 2. The van der Waals surface area contributed by atoms with Gasteiger partial charge in [0.25, 0.3) is 15.9 Å². The van der Waals surface area contributed by atoms with Crippen LogP contribution < -0.4 is 9.62 Å². The molecule has 13 heteroatoms. The normalized spacial score (nSPS) is 12.5. The first-order valence-electron chi connectivity index (χ1n) is 17.7. The van der Waals surface area contributed by atoms with Crippen molar-refractivity contribution < 1.29 is 37.8 Å². The van der Waals surface area contributed by atoms with Crippen LogP contribution in [0.4, 0.5) is 11.5 Å². The zero-order valence-electron chi connectivity index (χ0n) is 29.6. The lowest BCUT2D eigenvalue weighted by molar-refractivity contribution is 0.0686. The van der Waals surface area contributed by atoms with Crippen molar-refractivity contribution in [1.82, 2.24) is 4.98 Å². The van der Waals surface area contributed by atoms with Crippen molar-refractivity contribution in [3.05, 3.63) is 140 Å². The molecule has 0 bridgehead atoms. The predicted molar refractivity (Wildman–Crippen MR) is 207 cm³/mol. The van der Waals surface area contributed by atoms with Crippen LogP contribution in [0.2, 0.25) is 0 Å². The summed E-state index contributed by atoms with van der Waals surface area (Å²) in [4.78, 5) is 55.9. The van der Waals surface area contributed by atoms with E-state index in [2.05, 4.69) is 10.3 Å². The number of thiophene rings is 1. The zero-order chi connectivity index (χ0) is 38.4. The molecule has 0 spiro atoms. The van der Waals surface area contributed by atoms with E-state index in [1.54, 1.807) is 18.2 Å². The molecule has 3 aromatic carbocycles. The van der Waals surface area contributed by atoms with Gasteiger partial charge in [0.1, 0.15) is 5.82 Å². The second kappa shape index (κ2) is 16.6. The first-order valence-corrected chi connectivity index (χ1v) is 19.9. The average Bonchev–Trinajstić information content (AvgIpc) is 3.54. The number of nitrogens with zero attached hydrogens (tertiary/aromatic N) is 2. The zero-order valence-corrected chi connectivity index (χ0v) is 31.2. The largest absolute Gasteiger partial charge is 0.478 e. The number of hydrogen-bond donors (Lipinski definition) is 3. The van der Waals surface area contributed by atoms with E-state index >= 15 is 0 Å². The van der Waals surface area contributed by atoms with Gasteiger partial charge in [0, 0.05) is 40.2 Å². The number of Topliss-reactive ketones (excluding diaryl/α,β-unsaturated/α-hetero) is 1. The number of benzene rings is 3. The Morgan fingerprint density at radius 3 is 2.09 bits per heavy atom. The summed E-state index contributed by atoms with van der Waals surface area (Å²) < 4.78 is 28.8. The molecule has 2 heterocycles. The number of aromatic carboxylic acids is 2. The second-order valence-electron chi connectivity index (χ2n) is 13.1. The minimum Gasteiger partial charge on any atom is -0.478 e. The van der Waals surface area contributed by atoms with Crippen molar-refractivity contribution in [3.8, 4) is 0 Å². The minimum absolute atomic E-state index is 0.0674. The van der Waals surface area contributed by atoms with E-state index in [1.807, 2.05) is 43.3 Å². The van der Waals surface area contributed by atoms with Gasteiger partial charge in [0.15, 0.2) is 5.78 Å². The molecule has 0 saturated carbocycles. The number of fused-ring (bicyclic) bond motifs is 1. The van der Waals surface area contributed by atoms with Crippen molar-refractivity contribution >= 4 is 56.5 Å². The first-order chi connectivity index (χ1) is 25.9. The maximum Gasteiger partial charge on any atom is 0.337 e. The Morgan fingerprint density at radius 1 is 0.815 bits per heavy atom. The van der Waals surface area contributed by atoms with Crippen LogP contribution in [0.25, 0.3) is 0 Å². The highest BCUT2D eigenvalue weighted by molar-refractivity contribution is 7.92. The number of nitrogens with one attached hydrogen (secondary N) is 1. The third-order valence-electron chi connectivity index (χ3n) is 9.33. The van der Waals surface area contributed by atoms with Gasteiger partial charge < -0.3 is 15.5 Å². The molecule has 54 heavy (non-hydrogen) atoms. The molecule has 0 fully saturated rings. The fourth-order valence-corrected chi connectivity index (χ4v) is 9.44. The number of aromatic nitrogens is 1. The molecule has 0 radical (unpaired) electrons. The quantitative estimate of drug-likeness (QED) is 0.0914. The number of hydrogen-bond acceptors (Lipinski definition) is 8. The fraction of sp³-hybridized carbons (Fsp3) is 0.244. The maximum atomic E-state index is 13.9. The molecule has 5 aromatic rings. The lowest BCUT2D eigenvalue weighted by atomic mass is 9.93. The highest BCUT2D eigenvalue weighted by Crippen LogP contribution is 2.36. The monoisotopic (exact) mass is 765 g/mol. The van der Waals surface area contributed by atoms with Crippen LogP contribution in [0.15, 0.2) is 96.0 Å². The number of carbonyl (C=O) groups excluding carboxylic acids is 2. The molecule has 0 atom stereocenters. The van der Waals surface area contributed by atoms with Gasteiger partial charge in [-0.05, 0) is 110 Å². The van der Waals surface area contributed by atoms with Crippen LogP contribution >= 0.6 is 11.3 Å². The van der Waals surface area contributed by atoms with Gasteiger partial charge in [0.2, 0.25) is 0 Å². The maximum absolute atomic E-state index is 13.9. The summed E-state index contributed by atoms with van der Waals surface area (Å²) in [7, 11) is -4.17. The van der Waals surface area contributed by atoms with Crippen molar-refractivity contribution in [2.45, 2.75) is 63.2 Å². The van der Waals surface area contributed by atoms with Crippen molar-refractivity contribution in [1.29, 1.82) is 0 Å². The third-order valence-corrected chi connectivity index (χ3v) is 12.4. The Kier molecular flexibility index (Phi) is 11.7. The Bertz CT molecular complexity index is 2300. The van der Waals surface area contributed by atoms with Gasteiger partial charge in [-0.2, -0.15) is 0 Å². The Hall–Kier alpha value is -5.66. The smallest absolute Gasteiger partial charge is 0.337 e. The number of aryl methyl sites for hydroxylation is 3. The molecule has 0 aliphatic heterocycles. The summed E-state index contributed by atoms with van der Waals surface area (Å²) in [5.41, 5.74) is 4.53. The van der Waals surface area contributed by atoms with E-state index in [-0.39, 0.29) is 52.1 Å². The molecule has 1 aliphatic rings. The number of amides is 1. The number of carboxylic acid groups (broad SMARTS) is 2. The highest BCUT2D eigenvalue weighted by Gasteiger charge is 2.29. The van der Waals surface area contributed by atoms with E-state index in [1.165, 1.54) is 41.7 Å². The van der Waals surface area contributed by atoms with Crippen molar-refractivity contribution in [3.63, 3.8) is 0 Å². The molecular formula is C41H39N3O8S2. The number of rotatable bonds is 15. The molecule has 0 unspecified atom stereocenters. The topological polar surface area (TPSA) is 171 Å². The highest BCUT2D eigenvalue weighted by atomic mass is 32.2. The summed E-state index contributed by atoms with van der Waals surface area (Å²) in [5.74, 6) is -2.69. The molecule has 1 amide bonds. The summed E-state index contributed by atoms with van der Waals surface area (Å²) in [5, 5.41) is 21.4. The van der Waals surface area contributed by atoms with Crippen molar-refractivity contribution in [2.24, 2.45) is 0 Å². The second-order valence-corrected chi connectivity index (χ2v) is 16.1. The van der Waals surface area contributed by atoms with E-state index < -0.39 is 22.0 Å². The first kappa shape index (κ1) is 38.1. The molecule has 6 rings (SSSR count). The third kappa shape index (κ3) is 8.58. The lowest BCUT2D eigenvalue weighted by Gasteiger charge is -2.23. The lowest BCUT2D eigenvalue weighted by Crippen LogP contribution is -2.32. The van der Waals surface area contributed by atoms with Gasteiger partial charge >= 0.3 is 11.9 Å². The summed E-state index contributed by atoms with van der Waals surface area (Å²) in [6.45, 7) is 1.90. The Morgan fingerprint density at radius 2 is 1.46 bits per heavy atom. The molecule has 0 saturated heterocycles. The van der Waals surface area contributed by atoms with Crippen LogP contribution in [0, 0.1) is 0 Å². The number of carboxylic acids is 2. The van der Waals surface area contributed by atoms with Crippen LogP contribution in [-0.2, 0) is 42.1 Å². The van der Waals surface area contributed by atoms with Crippen LogP contribution in [0.3, 0.4) is 0 Å². The number of pyridine rings is 1. The average molecular weight is 766 g/mol. The Balaban J connectivity index is 1.18. The van der Waals surface area contributed by atoms with Gasteiger partial charge in [-0.25, -0.2) is 27.3 Å². The Labute approximate surface area is 317 Å². The van der Waals surface area contributed by atoms with Gasteiger partial charge in [-0.3, -0.25) is 9.59 Å². The van der Waals surface area contributed by atoms with E-state index in [0.717, 1.165) is 70.6 Å². The molecule has 11 nitrogen and oxygen atoms in total. The van der Waals surface area contributed by atoms with Gasteiger partial charge in [-0.15, -0.1) is 11.3 Å². The van der Waals surface area contributed by atoms with Crippen LogP contribution in [0.5, 0.6) is 0 Å². The predicted octanol–water partition coefficient (Wildman–Crippen LogP) is 7.49. The van der Waals surface area contributed by atoms with Crippen molar-refractivity contribution in [2.75, 3.05) is 16.2 Å². The van der Waals surface area contributed by atoms with E-state index in [0.29, 0.717) is 22.5 Å². The molecular weight excluding hydrogens is 727 g/mol. The summed E-state index contributed by atoms with van der Waals surface area (Å²) in [6.07, 6.45) is 6.45. The van der Waals surface area contributed by atoms with Crippen LogP contribution in [0.1, 0.15) is 94.1 Å². The summed E-state index contributed by atoms with van der Waals surface area (Å²) >= 11 is 1.46. The number of ketones is 1. The SMILES string of the molecule is CCCN(c1ccc(C(=O)O)cn1)S(=O)(=O)c1cccc(C(=O)Cc2sc3c(c2C(=O)Nc2ccc(CCc4ccc(C(=O)O)cc4)cc2)CCCC3)c1. The van der Waals surface area contributed by atoms with E-state index in [4.69, 9.17) is 5.11 Å². The molecule has 278 valence electrons. The van der Waals surface area contributed by atoms with Gasteiger partial charge in [-0.1, -0.05) is 43.3 Å². The molecule has 1 aliphatic carbocycles. The summed E-state index contributed by atoms with van der Waals surface area (Å²) in [6, 6.07) is 22.8. The molecule has 2 aromatic heterocycles.